The largest absolute Gasteiger partial charge is 0.492 e. The molecule has 1 N–H and O–H groups in total. The van der Waals surface area contributed by atoms with Gasteiger partial charge in [0.05, 0.1) is 6.61 Å². The van der Waals surface area contributed by atoms with Gasteiger partial charge in [-0.3, -0.25) is 0 Å². The molecular formula is C20H26N8OS. The molecule has 0 saturated carbocycles. The van der Waals surface area contributed by atoms with Gasteiger partial charge < -0.3 is 15.0 Å². The number of aryl methyl sites for hydroxylation is 1. The van der Waals surface area contributed by atoms with Gasteiger partial charge in [0.2, 0.25) is 17.1 Å². The molecule has 0 amide bonds. The highest BCUT2D eigenvalue weighted by Crippen LogP contribution is 2.20. The minimum Gasteiger partial charge on any atom is -0.492 e. The first kappa shape index (κ1) is 20.4. The number of anilines is 2. The monoisotopic (exact) mass is 426 g/mol. The van der Waals surface area contributed by atoms with E-state index in [-0.39, 0.29) is 0 Å². The molecule has 9 nitrogen and oxygen atoms in total. The number of piperidine rings is 1. The molecule has 0 radical (unpaired) electrons. The van der Waals surface area contributed by atoms with Crippen molar-refractivity contribution in [2.45, 2.75) is 31.3 Å². The molecule has 30 heavy (non-hydrogen) atoms. The Hall–Kier alpha value is -2.88. The molecule has 4 rings (SSSR count). The number of nitrogens with zero attached hydrogens (tertiary/aromatic N) is 7. The lowest BCUT2D eigenvalue weighted by molar-refractivity contribution is 0.341. The zero-order valence-electron chi connectivity index (χ0n) is 17.3. The molecule has 0 atom stereocenters. The SMILES string of the molecule is CNc1nc(N2CCCCC2)nc(-n2cnc(SCCOc3ccccc3C)n2)n1. The molecule has 3 aromatic rings. The van der Waals surface area contributed by atoms with Gasteiger partial charge in [-0.05, 0) is 37.8 Å². The van der Waals surface area contributed by atoms with Crippen molar-refractivity contribution in [2.75, 3.05) is 42.7 Å². The Morgan fingerprint density at radius 2 is 1.87 bits per heavy atom. The molecular weight excluding hydrogens is 400 g/mol. The number of nitrogens with one attached hydrogen (secondary N) is 1. The first-order valence-corrected chi connectivity index (χ1v) is 11.1. The Labute approximate surface area is 180 Å². The molecule has 1 aliphatic rings. The Morgan fingerprint density at radius 1 is 1.07 bits per heavy atom. The summed E-state index contributed by atoms with van der Waals surface area (Å²) in [5, 5.41) is 8.19. The van der Waals surface area contributed by atoms with E-state index >= 15 is 0 Å². The average molecular weight is 427 g/mol. The standard InChI is InChI=1S/C20H26N8OS/c1-15-8-4-5-9-16(15)29-12-13-30-20-22-14-28(26-20)19-24-17(21-2)23-18(25-19)27-10-6-3-7-11-27/h4-5,8-9,14H,3,6-7,10-13H2,1-2H3,(H,21,23,24,25). The number of para-hydroxylation sites is 1. The lowest BCUT2D eigenvalue weighted by atomic mass is 10.1. The molecule has 1 saturated heterocycles. The zero-order valence-corrected chi connectivity index (χ0v) is 18.1. The summed E-state index contributed by atoms with van der Waals surface area (Å²) < 4.78 is 7.43. The zero-order chi connectivity index (χ0) is 20.8. The molecule has 10 heteroatoms. The van der Waals surface area contributed by atoms with Crippen molar-refractivity contribution in [2.24, 2.45) is 0 Å². The fraction of sp³-hybridized carbons (Fsp3) is 0.450. The van der Waals surface area contributed by atoms with Crippen molar-refractivity contribution in [3.05, 3.63) is 36.2 Å². The lowest BCUT2D eigenvalue weighted by Crippen LogP contribution is -2.31. The number of rotatable bonds is 8. The topological polar surface area (TPSA) is 93.9 Å². The highest BCUT2D eigenvalue weighted by atomic mass is 32.2. The van der Waals surface area contributed by atoms with Crippen LogP contribution in [-0.4, -0.2) is 62.2 Å². The predicted octanol–water partition coefficient (Wildman–Crippen LogP) is 2.96. The minimum atomic E-state index is 0.463. The number of ether oxygens (including phenoxy) is 1. The molecule has 1 aliphatic heterocycles. The number of aromatic nitrogens is 6. The van der Waals surface area contributed by atoms with Gasteiger partial charge in [0.25, 0.3) is 5.95 Å². The van der Waals surface area contributed by atoms with Gasteiger partial charge in [0.15, 0.2) is 0 Å². The maximum Gasteiger partial charge on any atom is 0.258 e. The van der Waals surface area contributed by atoms with Crippen molar-refractivity contribution in [3.63, 3.8) is 0 Å². The van der Waals surface area contributed by atoms with E-state index in [9.17, 15) is 0 Å². The molecule has 0 aliphatic carbocycles. The maximum absolute atomic E-state index is 5.83. The summed E-state index contributed by atoms with van der Waals surface area (Å²) in [5.74, 6) is 3.32. The summed E-state index contributed by atoms with van der Waals surface area (Å²) in [6, 6.07) is 8.00. The van der Waals surface area contributed by atoms with Gasteiger partial charge in [0, 0.05) is 25.9 Å². The van der Waals surface area contributed by atoms with Gasteiger partial charge in [-0.1, -0.05) is 30.0 Å². The van der Waals surface area contributed by atoms with Gasteiger partial charge in [0.1, 0.15) is 12.1 Å². The second-order valence-electron chi connectivity index (χ2n) is 6.99. The molecule has 0 spiro atoms. The second kappa shape index (κ2) is 9.75. The van der Waals surface area contributed by atoms with Gasteiger partial charge in [-0.2, -0.15) is 19.6 Å². The fourth-order valence-corrected chi connectivity index (χ4v) is 3.83. The van der Waals surface area contributed by atoms with Crippen molar-refractivity contribution < 1.29 is 4.74 Å². The summed E-state index contributed by atoms with van der Waals surface area (Å²) in [7, 11) is 1.80. The van der Waals surface area contributed by atoms with E-state index in [1.165, 1.54) is 18.2 Å². The van der Waals surface area contributed by atoms with Crippen LogP contribution in [0.25, 0.3) is 5.95 Å². The van der Waals surface area contributed by atoms with E-state index in [1.807, 2.05) is 31.2 Å². The van der Waals surface area contributed by atoms with Crippen LogP contribution in [0, 0.1) is 6.92 Å². The summed E-state index contributed by atoms with van der Waals surface area (Å²) >= 11 is 1.54. The van der Waals surface area contributed by atoms with Crippen LogP contribution in [0.3, 0.4) is 0 Å². The highest BCUT2D eigenvalue weighted by Gasteiger charge is 2.17. The maximum atomic E-state index is 5.83. The normalized spacial score (nSPS) is 14.0. The third-order valence-electron chi connectivity index (χ3n) is 4.82. The minimum absolute atomic E-state index is 0.463. The van der Waals surface area contributed by atoms with Crippen LogP contribution in [0.1, 0.15) is 24.8 Å². The van der Waals surface area contributed by atoms with Crippen LogP contribution in [0.2, 0.25) is 0 Å². The highest BCUT2D eigenvalue weighted by molar-refractivity contribution is 7.99. The quantitative estimate of drug-likeness (QED) is 0.431. The molecule has 3 heterocycles. The van der Waals surface area contributed by atoms with E-state index in [4.69, 9.17) is 4.74 Å². The molecule has 2 aromatic heterocycles. The number of benzene rings is 1. The molecule has 1 aromatic carbocycles. The number of hydrogen-bond acceptors (Lipinski definition) is 9. The van der Waals surface area contributed by atoms with E-state index in [2.05, 4.69) is 35.3 Å². The summed E-state index contributed by atoms with van der Waals surface area (Å²) in [6.07, 6.45) is 5.21. The van der Waals surface area contributed by atoms with Crippen LogP contribution >= 0.6 is 11.8 Å². The fourth-order valence-electron chi connectivity index (χ4n) is 3.22. The lowest BCUT2D eigenvalue weighted by Gasteiger charge is -2.26. The van der Waals surface area contributed by atoms with Crippen LogP contribution < -0.4 is 15.0 Å². The Morgan fingerprint density at radius 3 is 2.67 bits per heavy atom. The van der Waals surface area contributed by atoms with Crippen molar-refractivity contribution in [1.82, 2.24) is 29.7 Å². The smallest absolute Gasteiger partial charge is 0.258 e. The first-order chi connectivity index (χ1) is 14.7. The third kappa shape index (κ3) is 4.99. The summed E-state index contributed by atoms with van der Waals surface area (Å²) in [6.45, 7) is 4.55. The van der Waals surface area contributed by atoms with Crippen LogP contribution in [0.4, 0.5) is 11.9 Å². The van der Waals surface area contributed by atoms with Crippen LogP contribution in [-0.2, 0) is 0 Å². The van der Waals surface area contributed by atoms with E-state index < -0.39 is 0 Å². The van der Waals surface area contributed by atoms with E-state index in [1.54, 1.807) is 18.1 Å². The number of hydrogen-bond donors (Lipinski definition) is 1. The summed E-state index contributed by atoms with van der Waals surface area (Å²) in [5.41, 5.74) is 1.13. The Balaban J connectivity index is 1.40. The molecule has 0 unspecified atom stereocenters. The predicted molar refractivity (Wildman–Crippen MR) is 118 cm³/mol. The third-order valence-corrected chi connectivity index (χ3v) is 5.63. The van der Waals surface area contributed by atoms with Gasteiger partial charge in [-0.25, -0.2) is 4.98 Å². The molecule has 1 fully saturated rings. The second-order valence-corrected chi connectivity index (χ2v) is 8.05. The van der Waals surface area contributed by atoms with Gasteiger partial charge >= 0.3 is 0 Å². The Bertz CT molecular complexity index is 973. The van der Waals surface area contributed by atoms with Crippen LogP contribution in [0.15, 0.2) is 35.7 Å². The van der Waals surface area contributed by atoms with Crippen molar-refractivity contribution in [1.29, 1.82) is 0 Å². The van der Waals surface area contributed by atoms with E-state index in [0.717, 1.165) is 43.0 Å². The summed E-state index contributed by atoms with van der Waals surface area (Å²) in [4.78, 5) is 20.2. The van der Waals surface area contributed by atoms with Crippen molar-refractivity contribution in [3.8, 4) is 11.7 Å². The number of thioether (sulfide) groups is 1. The van der Waals surface area contributed by atoms with Crippen molar-refractivity contribution >= 4 is 23.7 Å². The molecule has 158 valence electrons. The van der Waals surface area contributed by atoms with E-state index in [0.29, 0.717) is 29.6 Å². The first-order valence-electron chi connectivity index (χ1n) is 10.1. The van der Waals surface area contributed by atoms with Crippen LogP contribution in [0.5, 0.6) is 5.75 Å². The van der Waals surface area contributed by atoms with Gasteiger partial charge in [-0.15, -0.1) is 5.10 Å². The Kier molecular flexibility index (Phi) is 6.63. The average Bonchev–Trinajstić information content (AvgIpc) is 3.27. The molecule has 0 bridgehead atoms.